The number of thiophene rings is 1. The average molecular weight is 779 g/mol. The number of nitrogens with zero attached hydrogens (tertiary/aromatic N) is 2. The van der Waals surface area contributed by atoms with Crippen LogP contribution in [0.3, 0.4) is 0 Å². The molecule has 1 aliphatic heterocycles. The summed E-state index contributed by atoms with van der Waals surface area (Å²) in [6.07, 6.45) is 8.72. The number of amides is 2. The van der Waals surface area contributed by atoms with Gasteiger partial charge in [0.15, 0.2) is 0 Å². The number of hydrogen-bond acceptors (Lipinski definition) is 7. The fourth-order valence-electron chi connectivity index (χ4n) is 8.04. The Kier molecular flexibility index (Phi) is 14.1. The van der Waals surface area contributed by atoms with Crippen molar-refractivity contribution in [3.8, 4) is 0 Å². The Morgan fingerprint density at radius 1 is 0.804 bits per heavy atom. The Morgan fingerprint density at radius 3 is 2.11 bits per heavy atom. The second kappa shape index (κ2) is 19.3. The molecular formula is C45H54N4O6S. The van der Waals surface area contributed by atoms with Crippen molar-refractivity contribution in [1.82, 2.24) is 9.80 Å². The van der Waals surface area contributed by atoms with Gasteiger partial charge in [-0.25, -0.2) is 4.79 Å². The zero-order valence-corrected chi connectivity index (χ0v) is 33.3. The lowest BCUT2D eigenvalue weighted by Crippen LogP contribution is -2.43. The van der Waals surface area contributed by atoms with Gasteiger partial charge in [-0.2, -0.15) is 0 Å². The molecule has 0 unspecified atom stereocenters. The van der Waals surface area contributed by atoms with Crippen LogP contribution in [0.5, 0.6) is 0 Å². The maximum atomic E-state index is 13.9. The third kappa shape index (κ3) is 10.5. The molecule has 6 rings (SSSR count). The molecular weight excluding hydrogens is 725 g/mol. The van der Waals surface area contributed by atoms with E-state index in [1.54, 1.807) is 12.1 Å². The summed E-state index contributed by atoms with van der Waals surface area (Å²) in [5.74, 6) is -2.33. The molecule has 2 heterocycles. The van der Waals surface area contributed by atoms with Crippen LogP contribution in [0.1, 0.15) is 111 Å². The summed E-state index contributed by atoms with van der Waals surface area (Å²) in [6.45, 7) is 8.48. The highest BCUT2D eigenvalue weighted by atomic mass is 32.1. The van der Waals surface area contributed by atoms with E-state index in [1.165, 1.54) is 11.3 Å². The largest absolute Gasteiger partial charge is 0.481 e. The number of nitrogens with one attached hydrogen (secondary N) is 2. The number of fused-ring (bicyclic) bond motifs is 1. The lowest BCUT2D eigenvalue weighted by atomic mass is 9.95. The first kappa shape index (κ1) is 40.8. The van der Waals surface area contributed by atoms with Gasteiger partial charge in [0.05, 0.1) is 17.0 Å². The third-order valence-electron chi connectivity index (χ3n) is 11.4. The van der Waals surface area contributed by atoms with E-state index in [9.17, 15) is 24.3 Å². The number of rotatable bonds is 17. The van der Waals surface area contributed by atoms with E-state index in [4.69, 9.17) is 5.11 Å². The van der Waals surface area contributed by atoms with Crippen LogP contribution < -0.4 is 10.6 Å². The number of carbonyl (C=O) groups excluding carboxylic acids is 2. The maximum Gasteiger partial charge on any atom is 0.335 e. The van der Waals surface area contributed by atoms with Gasteiger partial charge >= 0.3 is 11.9 Å². The molecule has 1 saturated heterocycles. The minimum absolute atomic E-state index is 0.229. The number of aryl methyl sites for hydroxylation is 3. The van der Waals surface area contributed by atoms with E-state index >= 15 is 0 Å². The normalized spacial score (nSPS) is 14.8. The SMILES string of the molecule is CCC(CC)N(CCN1CCC(C(=O)O)CC1)Cc1cccc(C(=O)Nc2sc3c(c2C(=O)Nc2ccc(CCc4ccc(C(=O)O)cc4)cc2)CCCC3)c1. The lowest BCUT2D eigenvalue weighted by molar-refractivity contribution is -0.143. The molecule has 4 aromatic rings. The summed E-state index contributed by atoms with van der Waals surface area (Å²) in [5, 5.41) is 25.3. The van der Waals surface area contributed by atoms with Gasteiger partial charge in [-0.05, 0) is 136 Å². The summed E-state index contributed by atoms with van der Waals surface area (Å²) in [6, 6.07) is 22.9. The Morgan fingerprint density at radius 2 is 1.46 bits per heavy atom. The predicted molar refractivity (Wildman–Crippen MR) is 222 cm³/mol. The van der Waals surface area contributed by atoms with E-state index in [-0.39, 0.29) is 23.3 Å². The number of aliphatic carboxylic acids is 1. The Labute approximate surface area is 333 Å². The molecule has 11 heteroatoms. The molecule has 10 nitrogen and oxygen atoms in total. The van der Waals surface area contributed by atoms with Crippen LogP contribution >= 0.6 is 11.3 Å². The summed E-state index contributed by atoms with van der Waals surface area (Å²) >= 11 is 1.51. The summed E-state index contributed by atoms with van der Waals surface area (Å²) in [4.78, 5) is 56.4. The fraction of sp³-hybridized carbons (Fsp3) is 0.422. The molecule has 1 aliphatic carbocycles. The molecule has 3 aromatic carbocycles. The first-order valence-electron chi connectivity index (χ1n) is 20.1. The van der Waals surface area contributed by atoms with Gasteiger partial charge in [0, 0.05) is 41.8 Å². The molecule has 56 heavy (non-hydrogen) atoms. The van der Waals surface area contributed by atoms with Crippen molar-refractivity contribution in [3.05, 3.63) is 117 Å². The van der Waals surface area contributed by atoms with Crippen LogP contribution in [0.15, 0.2) is 72.8 Å². The Hall–Kier alpha value is -4.84. The van der Waals surface area contributed by atoms with Crippen molar-refractivity contribution < 1.29 is 29.4 Å². The van der Waals surface area contributed by atoms with Gasteiger partial charge in [-0.3, -0.25) is 19.3 Å². The van der Waals surface area contributed by atoms with Crippen LogP contribution in [0.25, 0.3) is 0 Å². The quantitative estimate of drug-likeness (QED) is 0.0839. The van der Waals surface area contributed by atoms with Gasteiger partial charge in [0.1, 0.15) is 5.00 Å². The number of aromatic carboxylic acids is 1. The topological polar surface area (TPSA) is 139 Å². The molecule has 1 fully saturated rings. The van der Waals surface area contributed by atoms with Crippen molar-refractivity contribution >= 4 is 45.8 Å². The van der Waals surface area contributed by atoms with E-state index in [0.29, 0.717) is 47.2 Å². The first-order valence-corrected chi connectivity index (χ1v) is 20.9. The molecule has 2 amide bonds. The zero-order valence-electron chi connectivity index (χ0n) is 32.5. The van der Waals surface area contributed by atoms with Crippen molar-refractivity contribution in [2.24, 2.45) is 5.92 Å². The highest BCUT2D eigenvalue weighted by Crippen LogP contribution is 2.39. The monoisotopic (exact) mass is 778 g/mol. The smallest absolute Gasteiger partial charge is 0.335 e. The molecule has 0 atom stereocenters. The van der Waals surface area contributed by atoms with Crippen LogP contribution in [-0.4, -0.2) is 76.0 Å². The van der Waals surface area contributed by atoms with Crippen molar-refractivity contribution in [3.63, 3.8) is 0 Å². The van der Waals surface area contributed by atoms with Crippen LogP contribution in [0, 0.1) is 5.92 Å². The van der Waals surface area contributed by atoms with Crippen molar-refractivity contribution in [2.45, 2.75) is 90.6 Å². The van der Waals surface area contributed by atoms with Crippen molar-refractivity contribution in [2.75, 3.05) is 36.8 Å². The average Bonchev–Trinajstić information content (AvgIpc) is 3.58. The van der Waals surface area contributed by atoms with Crippen LogP contribution in [0.2, 0.25) is 0 Å². The lowest BCUT2D eigenvalue weighted by Gasteiger charge is -2.35. The summed E-state index contributed by atoms with van der Waals surface area (Å²) in [5.41, 5.74) is 6.30. The fourth-order valence-corrected chi connectivity index (χ4v) is 9.32. The van der Waals surface area contributed by atoms with Gasteiger partial charge in [-0.15, -0.1) is 11.3 Å². The van der Waals surface area contributed by atoms with Gasteiger partial charge < -0.3 is 25.7 Å². The maximum absolute atomic E-state index is 13.9. The molecule has 0 bridgehead atoms. The van der Waals surface area contributed by atoms with Crippen LogP contribution in [-0.2, 0) is 37.0 Å². The van der Waals surface area contributed by atoms with Crippen molar-refractivity contribution in [1.29, 1.82) is 0 Å². The number of piperidine rings is 1. The molecule has 0 spiro atoms. The highest BCUT2D eigenvalue weighted by Gasteiger charge is 2.28. The van der Waals surface area contributed by atoms with Gasteiger partial charge in [0.25, 0.3) is 11.8 Å². The Bertz CT molecular complexity index is 1980. The number of benzene rings is 3. The number of carbonyl (C=O) groups is 4. The molecule has 1 aromatic heterocycles. The second-order valence-corrected chi connectivity index (χ2v) is 16.2. The number of likely N-dealkylation sites (tertiary alicyclic amines) is 1. The van der Waals surface area contributed by atoms with Gasteiger partial charge in [0.2, 0.25) is 0 Å². The van der Waals surface area contributed by atoms with Gasteiger partial charge in [-0.1, -0.05) is 50.2 Å². The molecule has 4 N–H and O–H groups in total. The minimum atomic E-state index is -0.937. The highest BCUT2D eigenvalue weighted by molar-refractivity contribution is 7.17. The third-order valence-corrected chi connectivity index (χ3v) is 12.6. The van der Waals surface area contributed by atoms with E-state index in [2.05, 4.69) is 40.3 Å². The van der Waals surface area contributed by atoms with E-state index < -0.39 is 11.9 Å². The van der Waals surface area contributed by atoms with Crippen LogP contribution in [0.4, 0.5) is 10.7 Å². The first-order chi connectivity index (χ1) is 27.1. The number of carboxylic acids is 2. The zero-order chi connectivity index (χ0) is 39.6. The summed E-state index contributed by atoms with van der Waals surface area (Å²) in [7, 11) is 0. The Balaban J connectivity index is 1.10. The number of hydrogen-bond donors (Lipinski definition) is 4. The number of carboxylic acid groups (broad SMARTS) is 2. The number of anilines is 2. The predicted octanol–water partition coefficient (Wildman–Crippen LogP) is 8.40. The molecule has 0 saturated carbocycles. The molecule has 296 valence electrons. The summed E-state index contributed by atoms with van der Waals surface area (Å²) < 4.78 is 0. The standard InChI is InChI=1S/C45H54N4O6S/c1-3-37(4-2)49(27-26-48-24-22-34(23-25-48)45(54)55)29-32-8-7-9-35(28-32)41(50)47-43-40(38-10-5-6-11-39(38)56-43)42(51)46-36-20-16-31(17-21-36)13-12-30-14-18-33(19-15-30)44(52)53/h7-9,14-21,28,34,37H,3-6,10-13,22-27,29H2,1-2H3,(H,46,51)(H,47,50)(H,52,53)(H,54,55). The second-order valence-electron chi connectivity index (χ2n) is 15.1. The van der Waals surface area contributed by atoms with E-state index in [0.717, 1.165) is 105 Å². The minimum Gasteiger partial charge on any atom is -0.481 e. The van der Waals surface area contributed by atoms with E-state index in [1.807, 2.05) is 54.6 Å². The molecule has 0 radical (unpaired) electrons. The molecule has 2 aliphatic rings.